The Hall–Kier alpha value is -2.06. The summed E-state index contributed by atoms with van der Waals surface area (Å²) >= 11 is 12.2. The molecule has 3 rings (SSSR count). The van der Waals surface area contributed by atoms with E-state index in [9.17, 15) is 4.79 Å². The number of hydrogen-bond donors (Lipinski definition) is 1. The number of hydrogen-bond acceptors (Lipinski definition) is 3. The van der Waals surface area contributed by atoms with Crippen molar-refractivity contribution < 1.29 is 4.79 Å². The molecule has 0 unspecified atom stereocenters. The number of carbonyl (C=O) groups is 1. The molecule has 0 aliphatic carbocycles. The molecule has 6 heteroatoms. The molecule has 128 valence electrons. The number of likely N-dealkylation sites (N-methyl/N-ethyl adjacent to an activating group) is 1. The van der Waals surface area contributed by atoms with E-state index in [0.717, 1.165) is 5.56 Å². The first-order valence-corrected chi connectivity index (χ1v) is 8.70. The van der Waals surface area contributed by atoms with Gasteiger partial charge in [0.15, 0.2) is 0 Å². The van der Waals surface area contributed by atoms with E-state index in [1.165, 1.54) is 0 Å². The number of benzene rings is 2. The predicted molar refractivity (Wildman–Crippen MR) is 99.1 cm³/mol. The van der Waals surface area contributed by atoms with E-state index >= 15 is 0 Å². The molecule has 0 radical (unpaired) electrons. The highest BCUT2D eigenvalue weighted by Crippen LogP contribution is 2.32. The Bertz CT molecular complexity index is 830. The fourth-order valence-corrected chi connectivity index (χ4v) is 3.52. The number of nitriles is 1. The third-order valence-corrected chi connectivity index (χ3v) is 5.35. The molecule has 0 saturated carbocycles. The van der Waals surface area contributed by atoms with E-state index in [4.69, 9.17) is 28.5 Å². The van der Waals surface area contributed by atoms with Crippen LogP contribution in [0.1, 0.15) is 27.4 Å². The maximum Gasteiger partial charge on any atom is 0.253 e. The van der Waals surface area contributed by atoms with Crippen LogP contribution in [-0.4, -0.2) is 37.0 Å². The van der Waals surface area contributed by atoms with Crippen LogP contribution in [0.3, 0.4) is 0 Å². The molecule has 1 saturated heterocycles. The van der Waals surface area contributed by atoms with Gasteiger partial charge in [-0.05, 0) is 49.0 Å². The van der Waals surface area contributed by atoms with Crippen molar-refractivity contribution in [2.24, 2.45) is 0 Å². The molecule has 2 aromatic rings. The second kappa shape index (κ2) is 7.45. The molecule has 1 heterocycles. The van der Waals surface area contributed by atoms with Gasteiger partial charge in [-0.1, -0.05) is 29.3 Å². The van der Waals surface area contributed by atoms with Gasteiger partial charge >= 0.3 is 0 Å². The lowest BCUT2D eigenvalue weighted by Gasteiger charge is -2.18. The lowest BCUT2D eigenvalue weighted by atomic mass is 9.94. The summed E-state index contributed by atoms with van der Waals surface area (Å²) in [6.45, 7) is 1.21. The van der Waals surface area contributed by atoms with Crippen LogP contribution in [0.25, 0.3) is 0 Å². The maximum absolute atomic E-state index is 12.8. The van der Waals surface area contributed by atoms with Gasteiger partial charge in [-0.3, -0.25) is 4.79 Å². The smallest absolute Gasteiger partial charge is 0.253 e. The Labute approximate surface area is 157 Å². The fraction of sp³-hybridized carbons (Fsp3) is 0.263. The monoisotopic (exact) mass is 373 g/mol. The molecule has 0 aromatic heterocycles. The zero-order valence-electron chi connectivity index (χ0n) is 13.7. The zero-order valence-corrected chi connectivity index (χ0v) is 15.2. The number of carbonyl (C=O) groups excluding carboxylic acids is 1. The highest BCUT2D eigenvalue weighted by atomic mass is 35.5. The third kappa shape index (κ3) is 3.64. The molecule has 0 bridgehead atoms. The fourth-order valence-electron chi connectivity index (χ4n) is 3.21. The highest BCUT2D eigenvalue weighted by molar-refractivity contribution is 6.42. The molecule has 4 nitrogen and oxygen atoms in total. The first kappa shape index (κ1) is 17.8. The Kier molecular flexibility index (Phi) is 5.29. The normalized spacial score (nSPS) is 19.7. The Morgan fingerprint density at radius 2 is 1.88 bits per heavy atom. The van der Waals surface area contributed by atoms with Crippen molar-refractivity contribution in [3.63, 3.8) is 0 Å². The van der Waals surface area contributed by atoms with Crippen LogP contribution >= 0.6 is 23.2 Å². The quantitative estimate of drug-likeness (QED) is 0.892. The minimum Gasteiger partial charge on any atom is -0.336 e. The third-order valence-electron chi connectivity index (χ3n) is 4.61. The van der Waals surface area contributed by atoms with Crippen LogP contribution < -0.4 is 5.32 Å². The van der Waals surface area contributed by atoms with Gasteiger partial charge in [-0.15, -0.1) is 0 Å². The van der Waals surface area contributed by atoms with Gasteiger partial charge in [-0.25, -0.2) is 0 Å². The molecule has 2 atom stereocenters. The van der Waals surface area contributed by atoms with Gasteiger partial charge in [0.05, 0.1) is 21.7 Å². The van der Waals surface area contributed by atoms with Crippen LogP contribution in [-0.2, 0) is 0 Å². The summed E-state index contributed by atoms with van der Waals surface area (Å²) in [5.41, 5.74) is 2.19. The zero-order chi connectivity index (χ0) is 18.0. The van der Waals surface area contributed by atoms with Gasteiger partial charge < -0.3 is 10.2 Å². The van der Waals surface area contributed by atoms with E-state index in [0.29, 0.717) is 34.3 Å². The van der Waals surface area contributed by atoms with E-state index in [2.05, 4.69) is 11.4 Å². The SMILES string of the molecule is CN[C@H]1CN(C(=O)c2ccc(C#N)cc2)C[C@@H]1c1ccc(Cl)c(Cl)c1. The number of nitrogens with one attached hydrogen (secondary N) is 1. The predicted octanol–water partition coefficient (Wildman–Crippen LogP) is 3.69. The molecular formula is C19H17Cl2N3O. The standard InChI is InChI=1S/C19H17Cl2N3O/c1-23-18-11-24(19(25)13-4-2-12(9-22)3-5-13)10-15(18)14-6-7-16(20)17(21)8-14/h2-8,15,18,23H,10-11H2,1H3/t15-,18+/m1/s1. The van der Waals surface area contributed by atoms with Gasteiger partial charge in [0.2, 0.25) is 0 Å². The number of nitrogens with zero attached hydrogens (tertiary/aromatic N) is 2. The van der Waals surface area contributed by atoms with Gasteiger partial charge in [0.25, 0.3) is 5.91 Å². The Morgan fingerprint density at radius 1 is 1.16 bits per heavy atom. The molecule has 25 heavy (non-hydrogen) atoms. The van der Waals surface area contributed by atoms with Crippen molar-refractivity contribution in [2.75, 3.05) is 20.1 Å². The molecular weight excluding hydrogens is 357 g/mol. The first-order valence-electron chi connectivity index (χ1n) is 7.95. The molecule has 2 aromatic carbocycles. The number of halogens is 2. The topological polar surface area (TPSA) is 56.1 Å². The average molecular weight is 374 g/mol. The Balaban J connectivity index is 1.81. The van der Waals surface area contributed by atoms with Crippen molar-refractivity contribution in [2.45, 2.75) is 12.0 Å². The van der Waals surface area contributed by atoms with Crippen molar-refractivity contribution >= 4 is 29.1 Å². The van der Waals surface area contributed by atoms with E-state index in [1.54, 1.807) is 30.3 Å². The molecule has 1 N–H and O–H groups in total. The summed E-state index contributed by atoms with van der Waals surface area (Å²) in [4.78, 5) is 14.6. The summed E-state index contributed by atoms with van der Waals surface area (Å²) in [7, 11) is 1.89. The summed E-state index contributed by atoms with van der Waals surface area (Å²) in [6, 6.07) is 14.5. The summed E-state index contributed by atoms with van der Waals surface area (Å²) in [6.07, 6.45) is 0. The second-order valence-electron chi connectivity index (χ2n) is 6.07. The van der Waals surface area contributed by atoms with Crippen LogP contribution in [0.2, 0.25) is 10.0 Å². The van der Waals surface area contributed by atoms with Crippen molar-refractivity contribution in [3.8, 4) is 6.07 Å². The van der Waals surface area contributed by atoms with Crippen molar-refractivity contribution in [1.29, 1.82) is 5.26 Å². The maximum atomic E-state index is 12.8. The van der Waals surface area contributed by atoms with Gasteiger partial charge in [-0.2, -0.15) is 5.26 Å². The summed E-state index contributed by atoms with van der Waals surface area (Å²) in [5.74, 6) is 0.106. The molecule has 1 amide bonds. The summed E-state index contributed by atoms with van der Waals surface area (Å²) < 4.78 is 0. The number of amides is 1. The molecule has 0 spiro atoms. The summed E-state index contributed by atoms with van der Waals surface area (Å²) in [5, 5.41) is 13.2. The van der Waals surface area contributed by atoms with E-state index < -0.39 is 0 Å². The van der Waals surface area contributed by atoms with E-state index in [1.807, 2.05) is 24.1 Å². The highest BCUT2D eigenvalue weighted by Gasteiger charge is 2.35. The molecule has 1 fully saturated rings. The van der Waals surface area contributed by atoms with Gasteiger partial charge in [0.1, 0.15) is 0 Å². The second-order valence-corrected chi connectivity index (χ2v) is 6.89. The minimum absolute atomic E-state index is 0.0349. The molecule has 1 aliphatic heterocycles. The largest absolute Gasteiger partial charge is 0.336 e. The van der Waals surface area contributed by atoms with Crippen molar-refractivity contribution in [3.05, 3.63) is 69.2 Å². The molecule has 1 aliphatic rings. The van der Waals surface area contributed by atoms with Crippen LogP contribution in [0.4, 0.5) is 0 Å². The Morgan fingerprint density at radius 3 is 2.48 bits per heavy atom. The lowest BCUT2D eigenvalue weighted by Crippen LogP contribution is -2.34. The number of rotatable bonds is 3. The first-order chi connectivity index (χ1) is 12.0. The van der Waals surface area contributed by atoms with Crippen LogP contribution in [0.5, 0.6) is 0 Å². The lowest BCUT2D eigenvalue weighted by molar-refractivity contribution is 0.0788. The van der Waals surface area contributed by atoms with Crippen molar-refractivity contribution in [1.82, 2.24) is 10.2 Å². The minimum atomic E-state index is -0.0349. The van der Waals surface area contributed by atoms with Crippen LogP contribution in [0, 0.1) is 11.3 Å². The van der Waals surface area contributed by atoms with Gasteiger partial charge in [0, 0.05) is 30.6 Å². The average Bonchev–Trinajstić information content (AvgIpc) is 3.08. The van der Waals surface area contributed by atoms with Crippen LogP contribution in [0.15, 0.2) is 42.5 Å². The number of likely N-dealkylation sites (tertiary alicyclic amines) is 1. The van der Waals surface area contributed by atoms with E-state index in [-0.39, 0.29) is 17.9 Å².